The van der Waals surface area contributed by atoms with Crippen molar-refractivity contribution in [2.24, 2.45) is 5.41 Å². The molecule has 0 saturated heterocycles. The van der Waals surface area contributed by atoms with Crippen LogP contribution in [0, 0.1) is 5.41 Å². The summed E-state index contributed by atoms with van der Waals surface area (Å²) in [5.41, 5.74) is 3.64. The molecule has 0 spiro atoms. The first-order valence-corrected chi connectivity index (χ1v) is 17.8. The molecular formula is C31H47O4PS. The summed E-state index contributed by atoms with van der Waals surface area (Å²) in [4.78, 5) is 25.9. The number of benzene rings is 1. The first-order valence-electron chi connectivity index (χ1n) is 14.8. The van der Waals surface area contributed by atoms with Gasteiger partial charge in [0.1, 0.15) is 0 Å². The first-order chi connectivity index (χ1) is 17.9. The lowest BCUT2D eigenvalue weighted by Crippen LogP contribution is -2.42. The van der Waals surface area contributed by atoms with Gasteiger partial charge >= 0.3 is 11.9 Å². The summed E-state index contributed by atoms with van der Waals surface area (Å²) in [5, 5.41) is 1.46. The van der Waals surface area contributed by atoms with E-state index in [0.29, 0.717) is 24.2 Å². The average Bonchev–Trinajstić information content (AvgIpc) is 3.34. The predicted octanol–water partition coefficient (Wildman–Crippen LogP) is 7.01. The van der Waals surface area contributed by atoms with E-state index in [4.69, 9.17) is 21.3 Å². The Morgan fingerprint density at radius 3 is 1.84 bits per heavy atom. The van der Waals surface area contributed by atoms with Crippen LogP contribution in [-0.2, 0) is 50.1 Å². The van der Waals surface area contributed by atoms with Crippen molar-refractivity contribution in [3.05, 3.63) is 28.8 Å². The fraction of sp³-hybridized carbons (Fsp3) is 0.742. The van der Waals surface area contributed by atoms with Crippen molar-refractivity contribution in [1.29, 1.82) is 0 Å². The lowest BCUT2D eigenvalue weighted by atomic mass is 9.85. The van der Waals surface area contributed by atoms with Crippen LogP contribution in [0.15, 0.2) is 12.1 Å². The zero-order valence-electron chi connectivity index (χ0n) is 23.3. The van der Waals surface area contributed by atoms with Gasteiger partial charge in [-0.2, -0.15) is 0 Å². The van der Waals surface area contributed by atoms with E-state index in [-0.39, 0.29) is 0 Å². The Balaban J connectivity index is 1.81. The van der Waals surface area contributed by atoms with E-state index in [0.717, 1.165) is 17.5 Å². The maximum atomic E-state index is 13.0. The zero-order chi connectivity index (χ0) is 26.5. The van der Waals surface area contributed by atoms with Gasteiger partial charge in [-0.25, -0.2) is 0 Å². The highest BCUT2D eigenvalue weighted by atomic mass is 32.4. The summed E-state index contributed by atoms with van der Waals surface area (Å²) >= 11 is 7.00. The lowest BCUT2D eigenvalue weighted by molar-refractivity contribution is -0.168. The fourth-order valence-electron chi connectivity index (χ4n) is 7.42. The first kappa shape index (κ1) is 28.8. The number of carbonyl (C=O) groups excluding carboxylic acids is 2. The Morgan fingerprint density at radius 2 is 1.35 bits per heavy atom. The minimum Gasteiger partial charge on any atom is -0.468 e. The quantitative estimate of drug-likeness (QED) is 0.137. The number of hydrogen-bond acceptors (Lipinski definition) is 5. The number of carbonyl (C=O) groups is 2. The van der Waals surface area contributed by atoms with Crippen LogP contribution in [-0.4, -0.2) is 37.5 Å². The molecule has 0 heterocycles. The van der Waals surface area contributed by atoms with Gasteiger partial charge in [0.2, 0.25) is 0 Å². The molecular weight excluding hydrogens is 499 g/mol. The molecule has 0 atom stereocenters. The van der Waals surface area contributed by atoms with Crippen LogP contribution < -0.4 is 5.30 Å². The molecule has 1 aromatic carbocycles. The molecule has 2 fully saturated rings. The number of hydrogen-bond donors (Lipinski definition) is 0. The Morgan fingerprint density at radius 1 is 0.838 bits per heavy atom. The second-order valence-corrected chi connectivity index (χ2v) is 16.9. The SMILES string of the molecule is CCCCCCc1cc2c(cc1P(=S)(C1CCCCC1)C1CCCCC1)CC(C(=O)OC)(C(=O)OC)C2. The molecule has 0 amide bonds. The molecule has 2 saturated carbocycles. The zero-order valence-corrected chi connectivity index (χ0v) is 25.0. The molecule has 4 nitrogen and oxygen atoms in total. The standard InChI is InChI=1S/C31H47O4PS/c1-4-5-6-9-14-23-19-24-21-31(29(32)34-2,30(33)35-3)22-25(24)20-28(23)36(37,26-15-10-7-11-16-26)27-17-12-8-13-18-27/h19-20,26-27H,4-18,21-22H2,1-3H3. The van der Waals surface area contributed by atoms with Crippen molar-refractivity contribution < 1.29 is 19.1 Å². The summed E-state index contributed by atoms with van der Waals surface area (Å²) in [7, 11) is 2.74. The summed E-state index contributed by atoms with van der Waals surface area (Å²) < 4.78 is 10.3. The lowest BCUT2D eigenvalue weighted by Gasteiger charge is -2.43. The predicted molar refractivity (Wildman–Crippen MR) is 156 cm³/mol. The summed E-state index contributed by atoms with van der Waals surface area (Å²) in [6.45, 7) is 2.26. The van der Waals surface area contributed by atoms with E-state index in [1.807, 2.05) is 0 Å². The Kier molecular flexibility index (Phi) is 9.95. The number of unbranched alkanes of at least 4 members (excludes halogenated alkanes) is 3. The van der Waals surface area contributed by atoms with Gasteiger partial charge in [-0.1, -0.05) is 82.6 Å². The van der Waals surface area contributed by atoms with Crippen LogP contribution in [0.3, 0.4) is 0 Å². The molecule has 3 aliphatic carbocycles. The Bertz CT molecular complexity index is 969. The van der Waals surface area contributed by atoms with Crippen LogP contribution >= 0.6 is 6.04 Å². The maximum absolute atomic E-state index is 13.0. The van der Waals surface area contributed by atoms with Gasteiger partial charge in [0.25, 0.3) is 0 Å². The van der Waals surface area contributed by atoms with Gasteiger partial charge in [-0.05, 0) is 96.8 Å². The highest BCUT2D eigenvalue weighted by Crippen LogP contribution is 2.63. The molecule has 206 valence electrons. The topological polar surface area (TPSA) is 52.6 Å². The van der Waals surface area contributed by atoms with Gasteiger partial charge in [0.15, 0.2) is 5.41 Å². The average molecular weight is 547 g/mol. The van der Waals surface area contributed by atoms with Crippen LogP contribution in [0.1, 0.15) is 114 Å². The monoisotopic (exact) mass is 546 g/mol. The van der Waals surface area contributed by atoms with E-state index in [9.17, 15) is 9.59 Å². The normalized spacial score (nSPS) is 20.4. The van der Waals surface area contributed by atoms with Crippen molar-refractivity contribution in [2.75, 3.05) is 14.2 Å². The molecule has 4 rings (SSSR count). The summed E-state index contributed by atoms with van der Waals surface area (Å²) in [6.07, 6.45) is 19.6. The Labute approximate surface area is 229 Å². The van der Waals surface area contributed by atoms with Gasteiger partial charge in [-0.3, -0.25) is 9.59 Å². The Hall–Kier alpha value is -1.19. The smallest absolute Gasteiger partial charge is 0.323 e. The molecule has 1 aromatic rings. The number of ether oxygens (including phenoxy) is 2. The van der Waals surface area contributed by atoms with E-state index in [1.54, 1.807) is 0 Å². The van der Waals surface area contributed by atoms with Crippen molar-refractivity contribution in [3.8, 4) is 0 Å². The molecule has 0 aromatic heterocycles. The number of fused-ring (bicyclic) bond motifs is 1. The van der Waals surface area contributed by atoms with Crippen molar-refractivity contribution in [3.63, 3.8) is 0 Å². The van der Waals surface area contributed by atoms with Gasteiger partial charge in [-0.15, -0.1) is 0 Å². The highest BCUT2D eigenvalue weighted by molar-refractivity contribution is 8.19. The molecule has 3 aliphatic rings. The summed E-state index contributed by atoms with van der Waals surface area (Å²) in [6, 6.07) is 2.89. The second kappa shape index (κ2) is 12.8. The van der Waals surface area contributed by atoms with E-state index >= 15 is 0 Å². The number of methoxy groups -OCH3 is 2. The van der Waals surface area contributed by atoms with E-state index < -0.39 is 23.4 Å². The number of rotatable bonds is 10. The molecule has 37 heavy (non-hydrogen) atoms. The molecule has 0 aliphatic heterocycles. The van der Waals surface area contributed by atoms with Crippen LogP contribution in [0.5, 0.6) is 0 Å². The maximum Gasteiger partial charge on any atom is 0.323 e. The van der Waals surface area contributed by atoms with Crippen molar-refractivity contribution in [1.82, 2.24) is 0 Å². The third-order valence-corrected chi connectivity index (χ3v) is 16.2. The second-order valence-electron chi connectivity index (χ2n) is 11.8. The fourth-order valence-corrected chi connectivity index (χ4v) is 13.8. The molecule has 0 radical (unpaired) electrons. The van der Waals surface area contributed by atoms with E-state index in [1.165, 1.54) is 115 Å². The third kappa shape index (κ3) is 5.74. The van der Waals surface area contributed by atoms with Gasteiger partial charge in [0.05, 0.1) is 14.2 Å². The van der Waals surface area contributed by atoms with Crippen molar-refractivity contribution in [2.45, 2.75) is 127 Å². The van der Waals surface area contributed by atoms with Crippen molar-refractivity contribution >= 4 is 35.1 Å². The molecule has 0 N–H and O–H groups in total. The number of aryl methyl sites for hydroxylation is 1. The molecule has 6 heteroatoms. The van der Waals surface area contributed by atoms with Crippen LogP contribution in [0.25, 0.3) is 0 Å². The van der Waals surface area contributed by atoms with Gasteiger partial charge in [0, 0.05) is 0 Å². The third-order valence-electron chi connectivity index (χ3n) is 9.45. The molecule has 0 bridgehead atoms. The number of esters is 2. The largest absolute Gasteiger partial charge is 0.468 e. The van der Waals surface area contributed by atoms with Crippen LogP contribution in [0.2, 0.25) is 0 Å². The summed E-state index contributed by atoms with van der Waals surface area (Å²) in [5.74, 6) is -0.971. The van der Waals surface area contributed by atoms with E-state index in [2.05, 4.69) is 19.1 Å². The minimum atomic E-state index is -1.85. The molecule has 0 unspecified atom stereocenters. The highest BCUT2D eigenvalue weighted by Gasteiger charge is 2.53. The minimum absolute atomic E-state index is 0.357. The van der Waals surface area contributed by atoms with Crippen LogP contribution in [0.4, 0.5) is 0 Å². The van der Waals surface area contributed by atoms with Gasteiger partial charge < -0.3 is 9.47 Å².